The molecular formula is C17H26N2O2. The van der Waals surface area contributed by atoms with Crippen molar-refractivity contribution >= 4 is 5.91 Å². The molecule has 1 aromatic carbocycles. The van der Waals surface area contributed by atoms with E-state index < -0.39 is 0 Å². The van der Waals surface area contributed by atoms with Crippen molar-refractivity contribution in [2.45, 2.75) is 45.8 Å². The summed E-state index contributed by atoms with van der Waals surface area (Å²) in [6.07, 6.45) is 2.24. The van der Waals surface area contributed by atoms with Crippen LogP contribution in [-0.4, -0.2) is 36.0 Å². The molecule has 4 nitrogen and oxygen atoms in total. The highest BCUT2D eigenvalue weighted by Gasteiger charge is 2.29. The van der Waals surface area contributed by atoms with E-state index in [1.165, 1.54) is 0 Å². The second-order valence-corrected chi connectivity index (χ2v) is 6.18. The van der Waals surface area contributed by atoms with Crippen molar-refractivity contribution in [1.82, 2.24) is 4.90 Å². The van der Waals surface area contributed by atoms with Crippen LogP contribution >= 0.6 is 0 Å². The second kappa shape index (κ2) is 6.94. The van der Waals surface area contributed by atoms with Crippen LogP contribution in [0.25, 0.3) is 0 Å². The van der Waals surface area contributed by atoms with Gasteiger partial charge in [0, 0.05) is 18.2 Å². The van der Waals surface area contributed by atoms with Gasteiger partial charge in [0.2, 0.25) is 0 Å². The molecule has 4 heteroatoms. The Bertz CT molecular complexity index is 487. The summed E-state index contributed by atoms with van der Waals surface area (Å²) in [6, 6.07) is 7.73. The lowest BCUT2D eigenvalue weighted by Gasteiger charge is -2.37. The first-order valence-corrected chi connectivity index (χ1v) is 7.79. The number of benzene rings is 1. The lowest BCUT2D eigenvalue weighted by molar-refractivity contribution is 0.0566. The summed E-state index contributed by atoms with van der Waals surface area (Å²) in [7, 11) is 0. The molecule has 2 N–H and O–H groups in total. The van der Waals surface area contributed by atoms with E-state index >= 15 is 0 Å². The lowest BCUT2D eigenvalue weighted by Crippen LogP contribution is -2.47. The Morgan fingerprint density at radius 2 is 2.19 bits per heavy atom. The highest BCUT2D eigenvalue weighted by atomic mass is 16.5. The number of piperidine rings is 1. The molecule has 116 valence electrons. The van der Waals surface area contributed by atoms with Gasteiger partial charge in [-0.2, -0.15) is 0 Å². The SMILES string of the molecule is CC(C)Oc1cccc(C(=O)N2CC(CN)CCC2C)c1. The van der Waals surface area contributed by atoms with Crippen molar-refractivity contribution in [3.63, 3.8) is 0 Å². The summed E-state index contributed by atoms with van der Waals surface area (Å²) in [5, 5.41) is 0. The molecule has 0 aliphatic carbocycles. The molecule has 0 aromatic heterocycles. The van der Waals surface area contributed by atoms with Crippen LogP contribution < -0.4 is 10.5 Å². The number of carbonyl (C=O) groups is 1. The van der Waals surface area contributed by atoms with E-state index in [-0.39, 0.29) is 18.1 Å². The average molecular weight is 290 g/mol. The molecular weight excluding hydrogens is 264 g/mol. The van der Waals surface area contributed by atoms with Gasteiger partial charge >= 0.3 is 0 Å². The average Bonchev–Trinajstić information content (AvgIpc) is 2.46. The van der Waals surface area contributed by atoms with Crippen molar-refractivity contribution in [3.8, 4) is 5.75 Å². The van der Waals surface area contributed by atoms with Crippen LogP contribution in [0.5, 0.6) is 5.75 Å². The molecule has 0 radical (unpaired) electrons. The Kier molecular flexibility index (Phi) is 5.23. The van der Waals surface area contributed by atoms with Gasteiger partial charge in [0.25, 0.3) is 5.91 Å². The summed E-state index contributed by atoms with van der Waals surface area (Å²) in [5.41, 5.74) is 6.46. The molecule has 1 aliphatic heterocycles. The summed E-state index contributed by atoms with van der Waals surface area (Å²) in [5.74, 6) is 1.24. The van der Waals surface area contributed by atoms with Crippen LogP contribution in [-0.2, 0) is 0 Å². The maximum atomic E-state index is 12.7. The number of rotatable bonds is 4. The van der Waals surface area contributed by atoms with Gasteiger partial charge in [0.05, 0.1) is 6.10 Å². The molecule has 2 atom stereocenters. The van der Waals surface area contributed by atoms with Crippen LogP contribution in [0.2, 0.25) is 0 Å². The summed E-state index contributed by atoms with van der Waals surface area (Å²) in [4.78, 5) is 14.7. The number of nitrogens with two attached hydrogens (primary N) is 1. The van der Waals surface area contributed by atoms with Gasteiger partial charge in [-0.15, -0.1) is 0 Å². The van der Waals surface area contributed by atoms with E-state index in [9.17, 15) is 4.79 Å². The third-order valence-electron chi connectivity index (χ3n) is 4.03. The molecule has 0 saturated carbocycles. The van der Waals surface area contributed by atoms with Crippen molar-refractivity contribution in [1.29, 1.82) is 0 Å². The van der Waals surface area contributed by atoms with Crippen LogP contribution in [0, 0.1) is 5.92 Å². The van der Waals surface area contributed by atoms with Crippen molar-refractivity contribution in [2.24, 2.45) is 11.7 Å². The number of ether oxygens (including phenoxy) is 1. The van der Waals surface area contributed by atoms with E-state index in [0.29, 0.717) is 18.0 Å². The zero-order chi connectivity index (χ0) is 15.4. The monoisotopic (exact) mass is 290 g/mol. The molecule has 0 spiro atoms. The van der Waals surface area contributed by atoms with Crippen molar-refractivity contribution in [3.05, 3.63) is 29.8 Å². The minimum absolute atomic E-state index is 0.0786. The Labute approximate surface area is 127 Å². The molecule has 1 saturated heterocycles. The highest BCUT2D eigenvalue weighted by molar-refractivity contribution is 5.94. The largest absolute Gasteiger partial charge is 0.491 e. The van der Waals surface area contributed by atoms with E-state index in [1.54, 1.807) is 0 Å². The summed E-state index contributed by atoms with van der Waals surface area (Å²) in [6.45, 7) is 7.47. The number of likely N-dealkylation sites (tertiary alicyclic amines) is 1. The third-order valence-corrected chi connectivity index (χ3v) is 4.03. The van der Waals surface area contributed by atoms with Gasteiger partial charge in [-0.05, 0) is 64.3 Å². The topological polar surface area (TPSA) is 55.6 Å². The van der Waals surface area contributed by atoms with E-state index in [1.807, 2.05) is 43.0 Å². The second-order valence-electron chi connectivity index (χ2n) is 6.18. The number of hydrogen-bond acceptors (Lipinski definition) is 3. The van der Waals surface area contributed by atoms with Crippen LogP contribution in [0.4, 0.5) is 0 Å². The first-order chi connectivity index (χ1) is 10.0. The number of carbonyl (C=O) groups excluding carboxylic acids is 1. The normalized spacial score (nSPS) is 22.4. The van der Waals surface area contributed by atoms with Crippen LogP contribution in [0.3, 0.4) is 0 Å². The van der Waals surface area contributed by atoms with E-state index in [2.05, 4.69) is 6.92 Å². The van der Waals surface area contributed by atoms with Crippen LogP contribution in [0.15, 0.2) is 24.3 Å². The molecule has 2 rings (SSSR count). The minimum atomic E-state index is 0.0786. The molecule has 2 unspecified atom stereocenters. The fourth-order valence-electron chi connectivity index (χ4n) is 2.80. The number of amides is 1. The molecule has 1 amide bonds. The Balaban J connectivity index is 2.14. The van der Waals surface area contributed by atoms with Crippen LogP contribution in [0.1, 0.15) is 44.0 Å². The molecule has 1 fully saturated rings. The number of hydrogen-bond donors (Lipinski definition) is 1. The van der Waals surface area contributed by atoms with Gasteiger partial charge in [-0.1, -0.05) is 6.07 Å². The molecule has 1 aromatic rings. The molecule has 21 heavy (non-hydrogen) atoms. The molecule has 1 heterocycles. The fraction of sp³-hybridized carbons (Fsp3) is 0.588. The predicted molar refractivity (Wildman–Crippen MR) is 84.5 cm³/mol. The first kappa shape index (κ1) is 15.8. The number of nitrogens with zero attached hydrogens (tertiary/aromatic N) is 1. The van der Waals surface area contributed by atoms with Gasteiger partial charge in [-0.3, -0.25) is 4.79 Å². The Morgan fingerprint density at radius 3 is 2.86 bits per heavy atom. The fourth-order valence-corrected chi connectivity index (χ4v) is 2.80. The highest BCUT2D eigenvalue weighted by Crippen LogP contribution is 2.24. The third kappa shape index (κ3) is 3.97. The summed E-state index contributed by atoms with van der Waals surface area (Å²) < 4.78 is 5.67. The molecule has 0 bridgehead atoms. The quantitative estimate of drug-likeness (QED) is 0.927. The zero-order valence-corrected chi connectivity index (χ0v) is 13.2. The van der Waals surface area contributed by atoms with Gasteiger partial charge in [0.1, 0.15) is 5.75 Å². The van der Waals surface area contributed by atoms with Gasteiger partial charge in [0.15, 0.2) is 0 Å². The maximum Gasteiger partial charge on any atom is 0.254 e. The van der Waals surface area contributed by atoms with E-state index in [0.717, 1.165) is 25.1 Å². The van der Waals surface area contributed by atoms with E-state index in [4.69, 9.17) is 10.5 Å². The maximum absolute atomic E-state index is 12.7. The lowest BCUT2D eigenvalue weighted by atomic mass is 9.93. The smallest absolute Gasteiger partial charge is 0.254 e. The van der Waals surface area contributed by atoms with Gasteiger partial charge in [-0.25, -0.2) is 0 Å². The van der Waals surface area contributed by atoms with Crippen molar-refractivity contribution in [2.75, 3.05) is 13.1 Å². The standard InChI is InChI=1S/C17H26N2O2/c1-12(2)21-16-6-4-5-15(9-16)17(20)19-11-14(10-18)8-7-13(19)3/h4-6,9,12-14H,7-8,10-11,18H2,1-3H3. The first-order valence-electron chi connectivity index (χ1n) is 7.79. The zero-order valence-electron chi connectivity index (χ0n) is 13.2. The van der Waals surface area contributed by atoms with Crippen molar-refractivity contribution < 1.29 is 9.53 Å². The molecule has 1 aliphatic rings. The summed E-state index contributed by atoms with van der Waals surface area (Å²) >= 11 is 0. The Hall–Kier alpha value is -1.55. The predicted octanol–water partition coefficient (Wildman–Crippen LogP) is 2.67. The minimum Gasteiger partial charge on any atom is -0.491 e. The van der Waals surface area contributed by atoms with Gasteiger partial charge < -0.3 is 15.4 Å². The Morgan fingerprint density at radius 1 is 1.43 bits per heavy atom.